The highest BCUT2D eigenvalue weighted by Gasteiger charge is 2.22. The van der Waals surface area contributed by atoms with Crippen LogP contribution in [0.3, 0.4) is 0 Å². The summed E-state index contributed by atoms with van der Waals surface area (Å²) in [4.78, 5) is 4.72. The van der Waals surface area contributed by atoms with Gasteiger partial charge in [0.2, 0.25) is 0 Å². The standard InChI is InChI=1S/C21H33N3O3/c1-2-22-21(23-11-5-12-26-19-10-13-25-16-19)24-14-18-6-3-4-7-20(18)27-15-17-8-9-17/h3-4,6-7,17,19H,2,5,8-16H2,1H3,(H2,22,23,24). The average Bonchev–Trinajstić information content (AvgIpc) is 3.38. The Kier molecular flexibility index (Phi) is 8.24. The van der Waals surface area contributed by atoms with Crippen LogP contribution in [-0.2, 0) is 16.0 Å². The molecule has 1 aliphatic carbocycles. The molecule has 0 spiro atoms. The second-order valence-electron chi connectivity index (χ2n) is 7.19. The van der Waals surface area contributed by atoms with Gasteiger partial charge in [0.05, 0.1) is 25.9 Å². The van der Waals surface area contributed by atoms with Crippen LogP contribution in [0.1, 0.15) is 38.2 Å². The van der Waals surface area contributed by atoms with Crippen LogP contribution in [0.2, 0.25) is 0 Å². The zero-order valence-electron chi connectivity index (χ0n) is 16.4. The summed E-state index contributed by atoms with van der Waals surface area (Å²) >= 11 is 0. The number of nitrogens with zero attached hydrogens (tertiary/aromatic N) is 1. The number of para-hydroxylation sites is 1. The molecular formula is C21H33N3O3. The Bertz CT molecular complexity index is 584. The molecule has 150 valence electrons. The minimum absolute atomic E-state index is 0.277. The molecule has 1 aromatic rings. The molecule has 2 N–H and O–H groups in total. The van der Waals surface area contributed by atoms with Gasteiger partial charge >= 0.3 is 0 Å². The fourth-order valence-corrected chi connectivity index (χ4v) is 2.95. The molecule has 2 aliphatic rings. The van der Waals surface area contributed by atoms with Crippen LogP contribution in [0.15, 0.2) is 29.3 Å². The molecule has 6 nitrogen and oxygen atoms in total. The van der Waals surface area contributed by atoms with E-state index in [2.05, 4.69) is 23.6 Å². The third kappa shape index (κ3) is 7.39. The van der Waals surface area contributed by atoms with E-state index >= 15 is 0 Å². The lowest BCUT2D eigenvalue weighted by molar-refractivity contribution is 0.0420. The van der Waals surface area contributed by atoms with E-state index in [1.165, 1.54) is 12.8 Å². The average molecular weight is 376 g/mol. The van der Waals surface area contributed by atoms with Gasteiger partial charge in [-0.1, -0.05) is 18.2 Å². The molecule has 0 bridgehead atoms. The normalized spacial score (nSPS) is 19.9. The number of hydrogen-bond donors (Lipinski definition) is 2. The second kappa shape index (κ2) is 11.1. The van der Waals surface area contributed by atoms with Gasteiger partial charge in [-0.3, -0.25) is 0 Å². The van der Waals surface area contributed by atoms with Gasteiger partial charge in [0.1, 0.15) is 5.75 Å². The molecule has 1 heterocycles. The van der Waals surface area contributed by atoms with Gasteiger partial charge in [-0.05, 0) is 44.6 Å². The SMILES string of the molecule is CCNC(=NCc1ccccc1OCC1CC1)NCCCOC1CCOC1. The lowest BCUT2D eigenvalue weighted by atomic mass is 10.2. The Balaban J connectivity index is 1.42. The number of guanidine groups is 1. The van der Waals surface area contributed by atoms with Gasteiger partial charge in [0, 0.05) is 31.9 Å². The van der Waals surface area contributed by atoms with Crippen LogP contribution in [0.25, 0.3) is 0 Å². The number of hydrogen-bond acceptors (Lipinski definition) is 4. The summed E-state index contributed by atoms with van der Waals surface area (Å²) in [6, 6.07) is 8.19. The summed E-state index contributed by atoms with van der Waals surface area (Å²) in [6.45, 7) is 7.48. The molecule has 1 unspecified atom stereocenters. The van der Waals surface area contributed by atoms with Crippen molar-refractivity contribution in [3.8, 4) is 5.75 Å². The van der Waals surface area contributed by atoms with Gasteiger partial charge in [0.15, 0.2) is 5.96 Å². The van der Waals surface area contributed by atoms with Crippen LogP contribution in [0, 0.1) is 5.92 Å². The molecule has 0 radical (unpaired) electrons. The van der Waals surface area contributed by atoms with Crippen molar-refractivity contribution in [2.24, 2.45) is 10.9 Å². The molecule has 1 saturated carbocycles. The molecule has 0 amide bonds. The van der Waals surface area contributed by atoms with Gasteiger partial charge in [-0.2, -0.15) is 0 Å². The van der Waals surface area contributed by atoms with E-state index in [1.807, 2.05) is 18.2 Å². The van der Waals surface area contributed by atoms with Crippen LogP contribution in [0.5, 0.6) is 5.75 Å². The number of aliphatic imine (C=N–C) groups is 1. The van der Waals surface area contributed by atoms with Crippen molar-refractivity contribution in [1.82, 2.24) is 10.6 Å². The van der Waals surface area contributed by atoms with Gasteiger partial charge < -0.3 is 24.8 Å². The van der Waals surface area contributed by atoms with Gasteiger partial charge in [-0.15, -0.1) is 0 Å². The first kappa shape index (κ1) is 20.0. The van der Waals surface area contributed by atoms with Crippen LogP contribution < -0.4 is 15.4 Å². The molecule has 1 saturated heterocycles. The summed E-state index contributed by atoms with van der Waals surface area (Å²) in [7, 11) is 0. The molecule has 3 rings (SSSR count). The quantitative estimate of drug-likeness (QED) is 0.354. The largest absolute Gasteiger partial charge is 0.493 e. The van der Waals surface area contributed by atoms with Gasteiger partial charge in [-0.25, -0.2) is 4.99 Å². The van der Waals surface area contributed by atoms with Crippen molar-refractivity contribution < 1.29 is 14.2 Å². The molecular weight excluding hydrogens is 342 g/mol. The Hall–Kier alpha value is -1.79. The third-order valence-electron chi connectivity index (χ3n) is 4.75. The maximum Gasteiger partial charge on any atom is 0.191 e. The van der Waals surface area contributed by atoms with Crippen molar-refractivity contribution in [3.05, 3.63) is 29.8 Å². The zero-order chi connectivity index (χ0) is 18.7. The maximum atomic E-state index is 5.98. The molecule has 1 aromatic carbocycles. The minimum atomic E-state index is 0.277. The predicted octanol–water partition coefficient (Wildman–Crippen LogP) is 2.73. The monoisotopic (exact) mass is 375 g/mol. The Morgan fingerprint density at radius 3 is 2.89 bits per heavy atom. The minimum Gasteiger partial charge on any atom is -0.493 e. The first-order chi connectivity index (χ1) is 13.3. The Labute approximate surface area is 162 Å². The van der Waals surface area contributed by atoms with Crippen molar-refractivity contribution in [2.75, 3.05) is 39.5 Å². The highest BCUT2D eigenvalue weighted by atomic mass is 16.5. The van der Waals surface area contributed by atoms with E-state index in [1.54, 1.807) is 0 Å². The molecule has 1 aliphatic heterocycles. The van der Waals surface area contributed by atoms with E-state index in [4.69, 9.17) is 19.2 Å². The van der Waals surface area contributed by atoms with E-state index < -0.39 is 0 Å². The maximum absolute atomic E-state index is 5.98. The Morgan fingerprint density at radius 2 is 2.11 bits per heavy atom. The van der Waals surface area contributed by atoms with E-state index in [0.717, 1.165) is 75.5 Å². The lowest BCUT2D eigenvalue weighted by Gasteiger charge is -2.14. The second-order valence-corrected chi connectivity index (χ2v) is 7.19. The van der Waals surface area contributed by atoms with E-state index in [-0.39, 0.29) is 6.10 Å². The molecule has 6 heteroatoms. The lowest BCUT2D eigenvalue weighted by Crippen LogP contribution is -2.38. The fourth-order valence-electron chi connectivity index (χ4n) is 2.95. The number of nitrogens with one attached hydrogen (secondary N) is 2. The number of benzene rings is 1. The fraction of sp³-hybridized carbons (Fsp3) is 0.667. The highest BCUT2D eigenvalue weighted by Crippen LogP contribution is 2.30. The molecule has 2 fully saturated rings. The van der Waals surface area contributed by atoms with Crippen LogP contribution >= 0.6 is 0 Å². The third-order valence-corrected chi connectivity index (χ3v) is 4.75. The molecule has 0 aromatic heterocycles. The van der Waals surface area contributed by atoms with Crippen molar-refractivity contribution in [1.29, 1.82) is 0 Å². The van der Waals surface area contributed by atoms with Crippen LogP contribution in [0.4, 0.5) is 0 Å². The topological polar surface area (TPSA) is 64.1 Å². The number of rotatable bonds is 11. The molecule has 27 heavy (non-hydrogen) atoms. The van der Waals surface area contributed by atoms with Crippen molar-refractivity contribution in [2.45, 2.75) is 45.3 Å². The number of ether oxygens (including phenoxy) is 3. The Morgan fingerprint density at radius 1 is 1.22 bits per heavy atom. The zero-order valence-corrected chi connectivity index (χ0v) is 16.4. The summed E-state index contributed by atoms with van der Waals surface area (Å²) in [5, 5.41) is 6.68. The summed E-state index contributed by atoms with van der Waals surface area (Å²) in [5.41, 5.74) is 1.12. The van der Waals surface area contributed by atoms with Gasteiger partial charge in [0.25, 0.3) is 0 Å². The summed E-state index contributed by atoms with van der Waals surface area (Å²) in [6.07, 6.45) is 4.83. The highest BCUT2D eigenvalue weighted by molar-refractivity contribution is 5.79. The van der Waals surface area contributed by atoms with E-state index in [0.29, 0.717) is 6.54 Å². The van der Waals surface area contributed by atoms with E-state index in [9.17, 15) is 0 Å². The van der Waals surface area contributed by atoms with Crippen molar-refractivity contribution >= 4 is 5.96 Å². The smallest absolute Gasteiger partial charge is 0.191 e. The summed E-state index contributed by atoms with van der Waals surface area (Å²) < 4.78 is 17.1. The molecule has 1 atom stereocenters. The first-order valence-corrected chi connectivity index (χ1v) is 10.3. The van der Waals surface area contributed by atoms with Crippen molar-refractivity contribution in [3.63, 3.8) is 0 Å². The first-order valence-electron chi connectivity index (χ1n) is 10.3. The predicted molar refractivity (Wildman–Crippen MR) is 107 cm³/mol. The van der Waals surface area contributed by atoms with Crippen LogP contribution in [-0.4, -0.2) is 51.6 Å². The summed E-state index contributed by atoms with van der Waals surface area (Å²) in [5.74, 6) is 2.54.